The third-order valence-corrected chi connectivity index (χ3v) is 6.45. The number of rotatable bonds is 3. The fraction of sp³-hybridized carbons (Fsp3) is 0.118. The van der Waals surface area contributed by atoms with Gasteiger partial charge in [-0.2, -0.15) is 0 Å². The molecular formula is C17H13BrFNO3S2. The van der Waals surface area contributed by atoms with Gasteiger partial charge in [0.1, 0.15) is 10.7 Å². The number of aromatic nitrogens is 1. The summed E-state index contributed by atoms with van der Waals surface area (Å²) in [5.41, 5.74) is 2.60. The lowest BCUT2D eigenvalue weighted by Crippen LogP contribution is -2.12. The second-order valence-corrected chi connectivity index (χ2v) is 9.23. The zero-order valence-corrected chi connectivity index (χ0v) is 16.5. The number of benzene rings is 2. The molecule has 0 atom stereocenters. The molecule has 0 aliphatic rings. The van der Waals surface area contributed by atoms with Crippen molar-refractivity contribution in [2.24, 2.45) is 0 Å². The Morgan fingerprint density at radius 3 is 2.48 bits per heavy atom. The van der Waals surface area contributed by atoms with Crippen molar-refractivity contribution in [2.75, 3.05) is 6.26 Å². The van der Waals surface area contributed by atoms with Crippen LogP contribution in [-0.4, -0.2) is 19.2 Å². The summed E-state index contributed by atoms with van der Waals surface area (Å²) >= 11 is 4.44. The van der Waals surface area contributed by atoms with Crippen LogP contribution in [0.4, 0.5) is 4.39 Å². The van der Waals surface area contributed by atoms with E-state index in [-0.39, 0.29) is 9.77 Å². The number of thiazole rings is 1. The molecule has 0 aliphatic heterocycles. The maximum atomic E-state index is 14.2. The highest BCUT2D eigenvalue weighted by Gasteiger charge is 2.17. The third-order valence-electron chi connectivity index (χ3n) is 3.74. The van der Waals surface area contributed by atoms with E-state index in [4.69, 9.17) is 0 Å². The van der Waals surface area contributed by atoms with Gasteiger partial charge in [0.05, 0.1) is 11.4 Å². The predicted molar refractivity (Wildman–Crippen MR) is 101 cm³/mol. The highest BCUT2D eigenvalue weighted by atomic mass is 79.9. The smallest absolute Gasteiger partial charge is 0.267 e. The highest BCUT2D eigenvalue weighted by molar-refractivity contribution is 9.10. The van der Waals surface area contributed by atoms with E-state index in [0.29, 0.717) is 16.9 Å². The number of nitrogens with zero attached hydrogens (tertiary/aromatic N) is 1. The molecule has 0 unspecified atom stereocenters. The van der Waals surface area contributed by atoms with E-state index in [2.05, 4.69) is 15.9 Å². The Morgan fingerprint density at radius 1 is 1.16 bits per heavy atom. The molecule has 8 heteroatoms. The van der Waals surface area contributed by atoms with Crippen LogP contribution in [0.1, 0.15) is 5.56 Å². The molecule has 1 aromatic heterocycles. The SMILES string of the molecule is Cc1ccc(-n2c(-c3ccc(S(C)(=O)=O)c(F)c3)csc2=O)cc1Br. The summed E-state index contributed by atoms with van der Waals surface area (Å²) in [7, 11) is -3.65. The van der Waals surface area contributed by atoms with Crippen molar-refractivity contribution >= 4 is 37.1 Å². The zero-order chi connectivity index (χ0) is 18.4. The number of aryl methyl sites for hydroxylation is 1. The molecule has 2 aromatic carbocycles. The topological polar surface area (TPSA) is 56.1 Å². The van der Waals surface area contributed by atoms with Gasteiger partial charge >= 0.3 is 4.87 Å². The molecule has 3 aromatic rings. The molecule has 0 saturated carbocycles. The van der Waals surface area contributed by atoms with Crippen molar-refractivity contribution < 1.29 is 12.8 Å². The molecule has 25 heavy (non-hydrogen) atoms. The van der Waals surface area contributed by atoms with Gasteiger partial charge in [0, 0.05) is 21.7 Å². The third kappa shape index (κ3) is 3.47. The second kappa shape index (κ2) is 6.51. The molecule has 0 amide bonds. The first-order valence-electron chi connectivity index (χ1n) is 7.15. The molecule has 3 rings (SSSR count). The number of sulfone groups is 1. The van der Waals surface area contributed by atoms with Crippen LogP contribution in [0.3, 0.4) is 0 Å². The summed E-state index contributed by atoms with van der Waals surface area (Å²) < 4.78 is 39.7. The van der Waals surface area contributed by atoms with Gasteiger partial charge in [0.25, 0.3) is 0 Å². The minimum atomic E-state index is -3.65. The Bertz CT molecular complexity index is 1130. The Balaban J connectivity index is 2.19. The van der Waals surface area contributed by atoms with E-state index < -0.39 is 15.7 Å². The van der Waals surface area contributed by atoms with Gasteiger partial charge in [0.2, 0.25) is 0 Å². The van der Waals surface area contributed by atoms with Crippen molar-refractivity contribution in [1.29, 1.82) is 0 Å². The Hall–Kier alpha value is -1.77. The maximum Gasteiger partial charge on any atom is 0.312 e. The standard InChI is InChI=1S/C17H13BrFNO3S2/c1-10-3-5-12(8-13(10)18)20-15(9-24-17(20)21)11-4-6-16(14(19)7-11)25(2,22)23/h3-9H,1-2H3. The first-order chi connectivity index (χ1) is 11.7. The lowest BCUT2D eigenvalue weighted by atomic mass is 10.1. The fourth-order valence-electron chi connectivity index (χ4n) is 2.43. The Kier molecular flexibility index (Phi) is 4.70. The van der Waals surface area contributed by atoms with Crippen LogP contribution in [0.2, 0.25) is 0 Å². The summed E-state index contributed by atoms with van der Waals surface area (Å²) in [5, 5.41) is 1.63. The number of halogens is 2. The molecule has 0 aliphatic carbocycles. The van der Waals surface area contributed by atoms with Crippen LogP contribution in [0.5, 0.6) is 0 Å². The van der Waals surface area contributed by atoms with Crippen molar-refractivity contribution in [3.63, 3.8) is 0 Å². The molecular weight excluding hydrogens is 429 g/mol. The van der Waals surface area contributed by atoms with Crippen molar-refractivity contribution in [2.45, 2.75) is 11.8 Å². The summed E-state index contributed by atoms with van der Waals surface area (Å²) in [6.07, 6.45) is 0.954. The van der Waals surface area contributed by atoms with Crippen LogP contribution in [0.15, 0.2) is 55.9 Å². The van der Waals surface area contributed by atoms with Crippen LogP contribution in [-0.2, 0) is 9.84 Å². The molecule has 0 saturated heterocycles. The van der Waals surface area contributed by atoms with E-state index in [1.165, 1.54) is 16.7 Å². The van der Waals surface area contributed by atoms with Gasteiger partial charge in [0.15, 0.2) is 9.84 Å². The largest absolute Gasteiger partial charge is 0.312 e. The fourth-order valence-corrected chi connectivity index (χ4v) is 4.29. The van der Waals surface area contributed by atoms with Gasteiger partial charge in [-0.05, 0) is 36.8 Å². The Morgan fingerprint density at radius 2 is 1.88 bits per heavy atom. The quantitative estimate of drug-likeness (QED) is 0.612. The molecule has 0 spiro atoms. The zero-order valence-electron chi connectivity index (χ0n) is 13.3. The lowest BCUT2D eigenvalue weighted by molar-refractivity contribution is 0.571. The highest BCUT2D eigenvalue weighted by Crippen LogP contribution is 2.28. The number of hydrogen-bond donors (Lipinski definition) is 0. The summed E-state index contributed by atoms with van der Waals surface area (Å²) in [6, 6.07) is 9.35. The molecule has 0 bridgehead atoms. The van der Waals surface area contributed by atoms with Gasteiger partial charge in [-0.1, -0.05) is 39.4 Å². The molecule has 0 radical (unpaired) electrons. The van der Waals surface area contributed by atoms with E-state index in [9.17, 15) is 17.6 Å². The summed E-state index contributed by atoms with van der Waals surface area (Å²) in [5.74, 6) is -0.838. The van der Waals surface area contributed by atoms with E-state index in [1.54, 1.807) is 11.4 Å². The summed E-state index contributed by atoms with van der Waals surface area (Å²) in [4.78, 5) is 11.7. The number of hydrogen-bond acceptors (Lipinski definition) is 4. The van der Waals surface area contributed by atoms with E-state index >= 15 is 0 Å². The normalized spacial score (nSPS) is 11.7. The average Bonchev–Trinajstić information content (AvgIpc) is 2.90. The molecule has 0 N–H and O–H groups in total. The maximum absolute atomic E-state index is 14.2. The van der Waals surface area contributed by atoms with Gasteiger partial charge in [-0.25, -0.2) is 12.8 Å². The van der Waals surface area contributed by atoms with Crippen LogP contribution in [0.25, 0.3) is 16.9 Å². The van der Waals surface area contributed by atoms with Gasteiger partial charge in [-0.15, -0.1) is 0 Å². The van der Waals surface area contributed by atoms with Crippen LogP contribution in [0, 0.1) is 12.7 Å². The van der Waals surface area contributed by atoms with Gasteiger partial charge < -0.3 is 0 Å². The first kappa shape index (κ1) is 18.0. The minimum absolute atomic E-state index is 0.210. The van der Waals surface area contributed by atoms with Crippen LogP contribution >= 0.6 is 27.3 Å². The molecule has 1 heterocycles. The molecule has 130 valence electrons. The molecule has 4 nitrogen and oxygen atoms in total. The second-order valence-electron chi connectivity index (χ2n) is 5.57. The predicted octanol–water partition coefficient (Wildman–Crippen LogP) is 4.18. The summed E-state index contributed by atoms with van der Waals surface area (Å²) in [6.45, 7) is 1.93. The van der Waals surface area contributed by atoms with Crippen LogP contribution < -0.4 is 4.87 Å². The van der Waals surface area contributed by atoms with Crippen molar-refractivity contribution in [3.8, 4) is 16.9 Å². The Labute approximate surface area is 156 Å². The van der Waals surface area contributed by atoms with E-state index in [1.807, 2.05) is 19.1 Å². The molecule has 0 fully saturated rings. The monoisotopic (exact) mass is 441 g/mol. The van der Waals surface area contributed by atoms with Crippen molar-refractivity contribution in [1.82, 2.24) is 4.57 Å². The van der Waals surface area contributed by atoms with E-state index in [0.717, 1.165) is 33.7 Å². The average molecular weight is 442 g/mol. The lowest BCUT2D eigenvalue weighted by Gasteiger charge is -2.10. The van der Waals surface area contributed by atoms with Gasteiger partial charge in [-0.3, -0.25) is 9.36 Å². The minimum Gasteiger partial charge on any atom is -0.267 e. The first-order valence-corrected chi connectivity index (χ1v) is 10.7. The van der Waals surface area contributed by atoms with Crippen molar-refractivity contribution in [3.05, 3.63) is 67.3 Å².